The Hall–Kier alpha value is -4.50. The van der Waals surface area contributed by atoms with Crippen molar-refractivity contribution in [2.24, 2.45) is 0 Å². The number of pyridine rings is 2. The Morgan fingerprint density at radius 2 is 1.60 bits per heavy atom. The van der Waals surface area contributed by atoms with Crippen LogP contribution in [0.1, 0.15) is 47.1 Å². The van der Waals surface area contributed by atoms with Crippen LogP contribution in [-0.2, 0) is 6.42 Å². The van der Waals surface area contributed by atoms with Crippen molar-refractivity contribution in [1.82, 2.24) is 0 Å². The summed E-state index contributed by atoms with van der Waals surface area (Å²) < 4.78 is 11.4. The van der Waals surface area contributed by atoms with Crippen LogP contribution >= 0.6 is 0 Å². The van der Waals surface area contributed by atoms with Gasteiger partial charge in [-0.2, -0.15) is 9.13 Å². The average Bonchev–Trinajstić information content (AvgIpc) is 3.34. The molecule has 0 N–H and O–H groups in total. The molecule has 0 saturated carbocycles. The molecule has 0 amide bonds. The van der Waals surface area contributed by atoms with Crippen molar-refractivity contribution >= 4 is 27.6 Å². The number of hydrogen-bond donors (Lipinski definition) is 0. The number of allylic oxidation sites excluding steroid dienone is 1. The molecule has 6 aromatic rings. The van der Waals surface area contributed by atoms with E-state index in [1.54, 1.807) is 0 Å². The summed E-state index contributed by atoms with van der Waals surface area (Å²) in [4.78, 5) is 0. The summed E-state index contributed by atoms with van der Waals surface area (Å²) in [5.74, 6) is 0.374. The van der Waals surface area contributed by atoms with Gasteiger partial charge < -0.3 is 4.42 Å². The van der Waals surface area contributed by atoms with Gasteiger partial charge >= 0.3 is 0 Å². The largest absolute Gasteiger partial charge is 0.455 e. The fraction of sp³-hybridized carbons (Fsp3) is 0.189. The number of furan rings is 1. The van der Waals surface area contributed by atoms with Crippen molar-refractivity contribution in [2.75, 3.05) is 0 Å². The molecule has 2 aliphatic heterocycles. The van der Waals surface area contributed by atoms with E-state index in [1.807, 2.05) is 0 Å². The minimum Gasteiger partial charge on any atom is -0.455 e. The summed E-state index contributed by atoms with van der Waals surface area (Å²) in [6.45, 7) is 9.05. The van der Waals surface area contributed by atoms with E-state index in [0.29, 0.717) is 5.92 Å². The van der Waals surface area contributed by atoms with Gasteiger partial charge in [-0.25, -0.2) is 0 Å². The molecule has 3 nitrogen and oxygen atoms in total. The lowest BCUT2D eigenvalue weighted by Crippen LogP contribution is -2.49. The van der Waals surface area contributed by atoms with Crippen molar-refractivity contribution in [3.8, 4) is 22.5 Å². The maximum absolute atomic E-state index is 6.64. The Kier molecular flexibility index (Phi) is 5.12. The smallest absolute Gasteiger partial charge is 0.222 e. The Morgan fingerprint density at radius 3 is 2.50 bits per heavy atom. The van der Waals surface area contributed by atoms with E-state index in [9.17, 15) is 0 Å². The number of benzene rings is 3. The topological polar surface area (TPSA) is 20.9 Å². The molecule has 5 heterocycles. The number of fused-ring (bicyclic) bond motifs is 13. The van der Waals surface area contributed by atoms with Crippen LogP contribution in [0.5, 0.6) is 0 Å². The molecule has 0 fully saturated rings. The molecule has 2 atom stereocenters. The lowest BCUT2D eigenvalue weighted by molar-refractivity contribution is -0.720. The van der Waals surface area contributed by atoms with Crippen LogP contribution in [0.25, 0.3) is 50.2 Å². The van der Waals surface area contributed by atoms with Gasteiger partial charge in [0, 0.05) is 46.5 Å². The number of aromatic nitrogens is 2. The van der Waals surface area contributed by atoms with Crippen molar-refractivity contribution < 1.29 is 13.6 Å². The van der Waals surface area contributed by atoms with E-state index in [2.05, 4.69) is 120 Å². The molecule has 3 aromatic heterocycles. The van der Waals surface area contributed by atoms with Gasteiger partial charge in [-0.1, -0.05) is 41.5 Å². The quantitative estimate of drug-likeness (QED) is 0.185. The number of hydrogen-bond acceptors (Lipinski definition) is 1. The first-order chi connectivity index (χ1) is 19.6. The van der Waals surface area contributed by atoms with Gasteiger partial charge in [0.2, 0.25) is 11.4 Å². The van der Waals surface area contributed by atoms with Gasteiger partial charge in [0.1, 0.15) is 11.2 Å². The molecule has 3 aromatic carbocycles. The first-order valence-electron chi connectivity index (χ1n) is 14.3. The number of nitrogens with zero attached hydrogens (tertiary/aromatic N) is 2. The molecule has 40 heavy (non-hydrogen) atoms. The zero-order chi connectivity index (χ0) is 27.0. The van der Waals surface area contributed by atoms with Crippen LogP contribution in [0.2, 0.25) is 0 Å². The first kappa shape index (κ1) is 23.4. The highest BCUT2D eigenvalue weighted by Crippen LogP contribution is 2.45. The Balaban J connectivity index is 1.38. The van der Waals surface area contributed by atoms with Gasteiger partial charge in [0.15, 0.2) is 24.1 Å². The van der Waals surface area contributed by atoms with E-state index in [4.69, 9.17) is 11.0 Å². The molecular formula is C37H32N2O+2. The zero-order valence-corrected chi connectivity index (χ0v) is 23.0. The number of aryl methyl sites for hydroxylation is 3. The lowest BCUT2D eigenvalue weighted by atomic mass is 9.77. The minimum atomic E-state index is 0.290. The molecule has 8 rings (SSSR count). The van der Waals surface area contributed by atoms with Crippen LogP contribution in [-0.4, -0.2) is 0 Å². The predicted molar refractivity (Wildman–Crippen MR) is 161 cm³/mol. The van der Waals surface area contributed by atoms with Crippen LogP contribution in [0.3, 0.4) is 0 Å². The summed E-state index contributed by atoms with van der Waals surface area (Å²) in [5, 5.41) is 2.36. The van der Waals surface area contributed by atoms with Gasteiger partial charge in [-0.3, -0.25) is 0 Å². The summed E-state index contributed by atoms with van der Waals surface area (Å²) in [7, 11) is 0. The molecule has 0 aliphatic carbocycles. The summed E-state index contributed by atoms with van der Waals surface area (Å²) in [5.41, 5.74) is 13.4. The highest BCUT2D eigenvalue weighted by atomic mass is 16.3. The third-order valence-corrected chi connectivity index (χ3v) is 9.10. The highest BCUT2D eigenvalue weighted by Gasteiger charge is 2.42. The second kappa shape index (κ2) is 8.76. The number of rotatable bonds is 0. The standard InChI is InChI=1S/C37H32N2O/c1-23-10-14-27-30(20-23)28-15-12-26-13-16-29-31-21-24(2)11-17-35(31)40-37(29)36(26)33-9-5-6-18-38(33)25(3)22-34(28)39-19-7-4-8-32(27)39/h4-11,13-14,16-21,28,34H,3,12,15,22H2,1-2H3/q+2. The SMILES string of the molecule is C=C1CC2C(CCc3ccc4c(oc5ccc(C)cc54)c3-c3cccc[n+]31)c1cc(C)ccc1-c1cccc[n+]12. The molecule has 0 bridgehead atoms. The van der Waals surface area contributed by atoms with Crippen molar-refractivity contribution in [3.05, 3.63) is 126 Å². The zero-order valence-electron chi connectivity index (χ0n) is 23.0. The molecule has 2 unspecified atom stereocenters. The highest BCUT2D eigenvalue weighted by molar-refractivity contribution is 6.10. The lowest BCUT2D eigenvalue weighted by Gasteiger charge is -2.31. The average molecular weight is 521 g/mol. The van der Waals surface area contributed by atoms with Crippen molar-refractivity contribution in [2.45, 2.75) is 45.1 Å². The van der Waals surface area contributed by atoms with Crippen molar-refractivity contribution in [1.29, 1.82) is 0 Å². The van der Waals surface area contributed by atoms with Crippen LogP contribution in [0.15, 0.2) is 108 Å². The van der Waals surface area contributed by atoms with Gasteiger partial charge in [-0.15, -0.1) is 0 Å². The fourth-order valence-electron chi connectivity index (χ4n) is 7.24. The maximum Gasteiger partial charge on any atom is 0.222 e. The third-order valence-electron chi connectivity index (χ3n) is 9.10. The summed E-state index contributed by atoms with van der Waals surface area (Å²) in [6, 6.07) is 31.4. The molecule has 194 valence electrons. The van der Waals surface area contributed by atoms with Crippen molar-refractivity contribution in [3.63, 3.8) is 0 Å². The van der Waals surface area contributed by atoms with E-state index < -0.39 is 0 Å². The van der Waals surface area contributed by atoms with E-state index in [0.717, 1.165) is 41.8 Å². The molecule has 3 heteroatoms. The van der Waals surface area contributed by atoms with E-state index in [-0.39, 0.29) is 6.04 Å². The van der Waals surface area contributed by atoms with E-state index >= 15 is 0 Å². The second-order valence-electron chi connectivity index (χ2n) is 11.6. The molecule has 0 radical (unpaired) electrons. The summed E-state index contributed by atoms with van der Waals surface area (Å²) in [6.07, 6.45) is 7.33. The summed E-state index contributed by atoms with van der Waals surface area (Å²) >= 11 is 0. The minimum absolute atomic E-state index is 0.290. The van der Waals surface area contributed by atoms with Crippen LogP contribution in [0, 0.1) is 13.8 Å². The second-order valence-corrected chi connectivity index (χ2v) is 11.6. The predicted octanol–water partition coefficient (Wildman–Crippen LogP) is 8.26. The maximum atomic E-state index is 6.64. The fourth-order valence-corrected chi connectivity index (χ4v) is 7.24. The van der Waals surface area contributed by atoms with Crippen LogP contribution in [0.4, 0.5) is 0 Å². The Labute approximate surface area is 234 Å². The first-order valence-corrected chi connectivity index (χ1v) is 14.3. The van der Waals surface area contributed by atoms with Gasteiger partial charge in [-0.05, 0) is 74.7 Å². The van der Waals surface area contributed by atoms with Crippen LogP contribution < -0.4 is 9.13 Å². The molecule has 0 saturated heterocycles. The van der Waals surface area contributed by atoms with Gasteiger partial charge in [0.25, 0.3) is 0 Å². The van der Waals surface area contributed by atoms with E-state index in [1.165, 1.54) is 49.8 Å². The normalized spacial score (nSPS) is 18.0. The Bertz CT molecular complexity index is 2000. The Morgan fingerprint density at radius 1 is 0.800 bits per heavy atom. The third kappa shape index (κ3) is 3.43. The molecule has 0 spiro atoms. The molecule has 2 aliphatic rings. The molecular weight excluding hydrogens is 488 g/mol. The van der Waals surface area contributed by atoms with Gasteiger partial charge in [0.05, 0.1) is 12.0 Å². The monoisotopic (exact) mass is 520 g/mol.